The van der Waals surface area contributed by atoms with E-state index in [1.165, 1.54) is 12.8 Å². The maximum absolute atomic E-state index is 12.8. The van der Waals surface area contributed by atoms with Crippen LogP contribution < -0.4 is 0 Å². The molecule has 0 radical (unpaired) electrons. The number of piperazine rings is 1. The maximum atomic E-state index is 12.8. The van der Waals surface area contributed by atoms with Crippen LogP contribution in [0.25, 0.3) is 10.9 Å². The van der Waals surface area contributed by atoms with Crippen molar-refractivity contribution in [3.05, 3.63) is 30.0 Å². The second kappa shape index (κ2) is 6.50. The predicted octanol–water partition coefficient (Wildman–Crippen LogP) is 2.28. The Labute approximate surface area is 147 Å². The van der Waals surface area contributed by atoms with Crippen molar-refractivity contribution in [2.24, 2.45) is 11.8 Å². The van der Waals surface area contributed by atoms with Crippen LogP contribution in [0.5, 0.6) is 0 Å². The van der Waals surface area contributed by atoms with E-state index in [2.05, 4.69) is 17.1 Å². The molecule has 6 heteroatoms. The highest BCUT2D eigenvalue weighted by Crippen LogP contribution is 2.38. The van der Waals surface area contributed by atoms with Crippen molar-refractivity contribution in [2.45, 2.75) is 26.2 Å². The maximum Gasteiger partial charge on any atom is 0.275 e. The molecule has 6 nitrogen and oxygen atoms in total. The number of rotatable bonds is 4. The summed E-state index contributed by atoms with van der Waals surface area (Å²) in [5.41, 5.74) is 1.34. The van der Waals surface area contributed by atoms with Gasteiger partial charge in [-0.3, -0.25) is 14.7 Å². The molecule has 0 bridgehead atoms. The molecule has 1 atom stereocenters. The number of benzene rings is 1. The second-order valence-corrected chi connectivity index (χ2v) is 7.31. The van der Waals surface area contributed by atoms with Gasteiger partial charge in [-0.2, -0.15) is 5.10 Å². The van der Waals surface area contributed by atoms with Crippen molar-refractivity contribution in [3.8, 4) is 0 Å². The van der Waals surface area contributed by atoms with E-state index < -0.39 is 0 Å². The van der Waals surface area contributed by atoms with Gasteiger partial charge in [-0.15, -0.1) is 0 Å². The molecule has 1 saturated carbocycles. The molecule has 2 aromatic rings. The number of aromatic amines is 1. The molecule has 1 aromatic heterocycles. The van der Waals surface area contributed by atoms with E-state index in [0.717, 1.165) is 16.8 Å². The van der Waals surface area contributed by atoms with Crippen LogP contribution in [-0.4, -0.2) is 58.0 Å². The average Bonchev–Trinajstić information content (AvgIpc) is 3.41. The number of carbonyl (C=O) groups is 2. The van der Waals surface area contributed by atoms with E-state index in [1.54, 1.807) is 4.90 Å². The molecule has 1 aliphatic carbocycles. The number of hydrogen-bond acceptors (Lipinski definition) is 3. The van der Waals surface area contributed by atoms with Gasteiger partial charge in [-0.05, 0) is 30.7 Å². The summed E-state index contributed by atoms with van der Waals surface area (Å²) in [5.74, 6) is 1.41. The van der Waals surface area contributed by atoms with Gasteiger partial charge in [0.1, 0.15) is 0 Å². The minimum Gasteiger partial charge on any atom is -0.339 e. The minimum atomic E-state index is -0.0594. The minimum absolute atomic E-state index is 0.0594. The van der Waals surface area contributed by atoms with Gasteiger partial charge in [0.15, 0.2) is 5.69 Å². The van der Waals surface area contributed by atoms with Crippen LogP contribution in [-0.2, 0) is 4.79 Å². The third-order valence-corrected chi connectivity index (χ3v) is 5.52. The fourth-order valence-electron chi connectivity index (χ4n) is 3.67. The van der Waals surface area contributed by atoms with Gasteiger partial charge in [-0.1, -0.05) is 25.1 Å². The third kappa shape index (κ3) is 3.25. The summed E-state index contributed by atoms with van der Waals surface area (Å²) >= 11 is 0. The molecule has 1 N–H and O–H groups in total. The molecule has 1 unspecified atom stereocenters. The molecular weight excluding hydrogens is 316 g/mol. The standard InChI is InChI=1S/C19H24N4O2/c1-13(14-6-7-14)12-17(24)22-8-10-23(11-9-22)19(25)18-15-4-2-3-5-16(15)20-21-18/h2-5,13-14H,6-12H2,1H3,(H,20,21). The van der Waals surface area contributed by atoms with Crippen molar-refractivity contribution in [1.29, 1.82) is 0 Å². The number of nitrogens with one attached hydrogen (secondary N) is 1. The number of nitrogens with zero attached hydrogens (tertiary/aromatic N) is 3. The molecule has 2 aliphatic rings. The Balaban J connectivity index is 1.36. The van der Waals surface area contributed by atoms with Gasteiger partial charge in [0.2, 0.25) is 5.91 Å². The van der Waals surface area contributed by atoms with Gasteiger partial charge >= 0.3 is 0 Å². The lowest BCUT2D eigenvalue weighted by Gasteiger charge is -2.35. The van der Waals surface area contributed by atoms with Gasteiger partial charge in [0.25, 0.3) is 5.91 Å². The summed E-state index contributed by atoms with van der Waals surface area (Å²) in [6, 6.07) is 7.65. The zero-order valence-electron chi connectivity index (χ0n) is 14.6. The number of H-pyrrole nitrogens is 1. The topological polar surface area (TPSA) is 69.3 Å². The Bertz CT molecular complexity index is 788. The smallest absolute Gasteiger partial charge is 0.275 e. The molecule has 132 valence electrons. The molecule has 2 amide bonds. The van der Waals surface area contributed by atoms with Gasteiger partial charge in [-0.25, -0.2) is 0 Å². The highest BCUT2D eigenvalue weighted by Gasteiger charge is 2.32. The predicted molar refractivity (Wildman–Crippen MR) is 95.1 cm³/mol. The van der Waals surface area contributed by atoms with Crippen LogP contribution in [0, 0.1) is 11.8 Å². The summed E-state index contributed by atoms with van der Waals surface area (Å²) < 4.78 is 0. The summed E-state index contributed by atoms with van der Waals surface area (Å²) in [7, 11) is 0. The molecule has 0 spiro atoms. The van der Waals surface area contributed by atoms with Crippen LogP contribution in [0.3, 0.4) is 0 Å². The fraction of sp³-hybridized carbons (Fsp3) is 0.526. The summed E-state index contributed by atoms with van der Waals surface area (Å²) in [6.45, 7) is 4.56. The Hall–Kier alpha value is -2.37. The molecular formula is C19H24N4O2. The molecule has 4 rings (SSSR count). The first kappa shape index (κ1) is 16.1. The van der Waals surface area contributed by atoms with Crippen LogP contribution >= 0.6 is 0 Å². The lowest BCUT2D eigenvalue weighted by molar-refractivity contribution is -0.133. The zero-order valence-corrected chi connectivity index (χ0v) is 14.6. The Morgan fingerprint density at radius 3 is 2.56 bits per heavy atom. The summed E-state index contributed by atoms with van der Waals surface area (Å²) in [6.07, 6.45) is 3.19. The molecule has 25 heavy (non-hydrogen) atoms. The lowest BCUT2D eigenvalue weighted by atomic mass is 10.0. The summed E-state index contributed by atoms with van der Waals surface area (Å²) in [4.78, 5) is 28.9. The van der Waals surface area contributed by atoms with Crippen LogP contribution in [0.4, 0.5) is 0 Å². The Morgan fingerprint density at radius 1 is 1.16 bits per heavy atom. The SMILES string of the molecule is CC(CC(=O)N1CCN(C(=O)c2n[nH]c3ccccc23)CC1)C1CC1. The quantitative estimate of drug-likeness (QED) is 0.928. The van der Waals surface area contributed by atoms with Crippen molar-refractivity contribution < 1.29 is 9.59 Å². The lowest BCUT2D eigenvalue weighted by Crippen LogP contribution is -2.51. The number of para-hydroxylation sites is 1. The van der Waals surface area contributed by atoms with Gasteiger partial charge in [0, 0.05) is 38.0 Å². The number of hydrogen-bond donors (Lipinski definition) is 1. The first-order valence-electron chi connectivity index (χ1n) is 9.13. The Morgan fingerprint density at radius 2 is 1.84 bits per heavy atom. The zero-order chi connectivity index (χ0) is 17.4. The largest absolute Gasteiger partial charge is 0.339 e. The van der Waals surface area contributed by atoms with Crippen molar-refractivity contribution in [1.82, 2.24) is 20.0 Å². The Kier molecular flexibility index (Phi) is 4.19. The number of carbonyl (C=O) groups excluding carboxylic acids is 2. The van der Waals surface area contributed by atoms with Crippen molar-refractivity contribution in [2.75, 3.05) is 26.2 Å². The second-order valence-electron chi connectivity index (χ2n) is 7.31. The molecule has 2 fully saturated rings. The van der Waals surface area contributed by atoms with Gasteiger partial charge in [0.05, 0.1) is 5.52 Å². The van der Waals surface area contributed by atoms with Crippen molar-refractivity contribution in [3.63, 3.8) is 0 Å². The van der Waals surface area contributed by atoms with E-state index in [9.17, 15) is 9.59 Å². The molecule has 1 aromatic carbocycles. The normalized spacial score (nSPS) is 19.2. The highest BCUT2D eigenvalue weighted by atomic mass is 16.2. The van der Waals surface area contributed by atoms with Gasteiger partial charge < -0.3 is 9.80 Å². The van der Waals surface area contributed by atoms with E-state index in [4.69, 9.17) is 0 Å². The molecule has 2 heterocycles. The number of fused-ring (bicyclic) bond motifs is 1. The molecule has 1 saturated heterocycles. The number of aromatic nitrogens is 2. The monoisotopic (exact) mass is 340 g/mol. The highest BCUT2D eigenvalue weighted by molar-refractivity contribution is 6.04. The van der Waals surface area contributed by atoms with E-state index in [-0.39, 0.29) is 11.8 Å². The van der Waals surface area contributed by atoms with Crippen LogP contribution in [0.1, 0.15) is 36.7 Å². The average molecular weight is 340 g/mol. The first-order chi connectivity index (χ1) is 12.1. The van der Waals surface area contributed by atoms with E-state index in [0.29, 0.717) is 44.2 Å². The third-order valence-electron chi connectivity index (χ3n) is 5.52. The fourth-order valence-corrected chi connectivity index (χ4v) is 3.67. The first-order valence-corrected chi connectivity index (χ1v) is 9.13. The van der Waals surface area contributed by atoms with Crippen molar-refractivity contribution >= 4 is 22.7 Å². The number of amides is 2. The summed E-state index contributed by atoms with van der Waals surface area (Å²) in [5, 5.41) is 7.96. The van der Waals surface area contributed by atoms with Crippen LogP contribution in [0.2, 0.25) is 0 Å². The molecule has 1 aliphatic heterocycles. The van der Waals surface area contributed by atoms with Crippen LogP contribution in [0.15, 0.2) is 24.3 Å². The van der Waals surface area contributed by atoms with E-state index in [1.807, 2.05) is 29.2 Å². The van der Waals surface area contributed by atoms with E-state index >= 15 is 0 Å².